The first-order valence-electron chi connectivity index (χ1n) is 7.79. The molecule has 0 spiro atoms. The van der Waals surface area contributed by atoms with Crippen LogP contribution in [0.5, 0.6) is 0 Å². The van der Waals surface area contributed by atoms with E-state index in [4.69, 9.17) is 0 Å². The zero-order valence-corrected chi connectivity index (χ0v) is 12.3. The molecular weight excluding hydrogens is 248 g/mol. The third-order valence-corrected chi connectivity index (χ3v) is 4.44. The van der Waals surface area contributed by atoms with E-state index in [1.54, 1.807) is 0 Å². The van der Waals surface area contributed by atoms with E-state index in [9.17, 15) is 4.79 Å². The number of aryl methyl sites for hydroxylation is 1. The maximum Gasteiger partial charge on any atom is 0.234 e. The summed E-state index contributed by atoms with van der Waals surface area (Å²) in [6.45, 7) is 4.83. The van der Waals surface area contributed by atoms with Crippen molar-refractivity contribution >= 4 is 5.91 Å². The lowest BCUT2D eigenvalue weighted by Gasteiger charge is -2.33. The quantitative estimate of drug-likeness (QED) is 0.913. The molecule has 2 aliphatic rings. The van der Waals surface area contributed by atoms with Crippen molar-refractivity contribution < 1.29 is 4.79 Å². The molecule has 2 fully saturated rings. The minimum atomic E-state index is 0.206. The molecule has 1 amide bonds. The molecule has 1 N–H and O–H groups in total. The molecule has 1 aromatic rings. The number of amides is 1. The lowest BCUT2D eigenvalue weighted by atomic mass is 9.88. The molecule has 1 aliphatic heterocycles. The first-order valence-corrected chi connectivity index (χ1v) is 7.79. The van der Waals surface area contributed by atoms with E-state index in [1.807, 2.05) is 0 Å². The number of rotatable bonds is 4. The van der Waals surface area contributed by atoms with Crippen LogP contribution in [-0.4, -0.2) is 36.5 Å². The zero-order chi connectivity index (χ0) is 13.9. The minimum absolute atomic E-state index is 0.206. The number of hydrogen-bond acceptors (Lipinski definition) is 2. The van der Waals surface area contributed by atoms with Crippen LogP contribution in [0, 0.1) is 6.92 Å². The van der Waals surface area contributed by atoms with Crippen molar-refractivity contribution in [3.63, 3.8) is 0 Å². The van der Waals surface area contributed by atoms with Gasteiger partial charge in [-0.1, -0.05) is 24.3 Å². The van der Waals surface area contributed by atoms with Gasteiger partial charge in [0, 0.05) is 12.6 Å². The van der Waals surface area contributed by atoms with E-state index in [-0.39, 0.29) is 5.91 Å². The summed E-state index contributed by atoms with van der Waals surface area (Å²) in [5, 5.41) is 3.09. The first-order chi connectivity index (χ1) is 9.72. The van der Waals surface area contributed by atoms with Crippen molar-refractivity contribution in [1.29, 1.82) is 0 Å². The standard InChI is InChI=1S/C17H24N2O/c1-13-5-2-3-7-16(13)14-6-4-10-19(11-14)12-17(20)18-15-8-9-15/h2-3,5,7,14-15H,4,6,8-12H2,1H3,(H,18,20)/t14-/m1/s1. The fraction of sp³-hybridized carbons (Fsp3) is 0.588. The Morgan fingerprint density at radius 1 is 1.30 bits per heavy atom. The van der Waals surface area contributed by atoms with Gasteiger partial charge in [0.2, 0.25) is 5.91 Å². The summed E-state index contributed by atoms with van der Waals surface area (Å²) >= 11 is 0. The molecule has 3 nitrogen and oxygen atoms in total. The molecule has 0 radical (unpaired) electrons. The van der Waals surface area contributed by atoms with Crippen LogP contribution in [0.4, 0.5) is 0 Å². The van der Waals surface area contributed by atoms with E-state index in [0.29, 0.717) is 18.5 Å². The molecule has 1 atom stereocenters. The molecule has 1 aliphatic carbocycles. The lowest BCUT2D eigenvalue weighted by Crippen LogP contribution is -2.42. The van der Waals surface area contributed by atoms with Gasteiger partial charge in [0.1, 0.15) is 0 Å². The third-order valence-electron chi connectivity index (χ3n) is 4.44. The van der Waals surface area contributed by atoms with Crippen LogP contribution in [0.15, 0.2) is 24.3 Å². The summed E-state index contributed by atoms with van der Waals surface area (Å²) in [6, 6.07) is 9.13. The topological polar surface area (TPSA) is 32.3 Å². The Hall–Kier alpha value is -1.35. The number of carbonyl (C=O) groups is 1. The Bertz CT molecular complexity index is 482. The molecule has 20 heavy (non-hydrogen) atoms. The fourth-order valence-electron chi connectivity index (χ4n) is 3.20. The van der Waals surface area contributed by atoms with Gasteiger partial charge in [0.25, 0.3) is 0 Å². The van der Waals surface area contributed by atoms with Crippen LogP contribution >= 0.6 is 0 Å². The maximum absolute atomic E-state index is 11.9. The van der Waals surface area contributed by atoms with E-state index in [0.717, 1.165) is 25.9 Å². The Balaban J connectivity index is 1.58. The second-order valence-electron chi connectivity index (χ2n) is 6.27. The fourth-order valence-corrected chi connectivity index (χ4v) is 3.20. The molecule has 1 saturated heterocycles. The molecular formula is C17H24N2O. The monoisotopic (exact) mass is 272 g/mol. The van der Waals surface area contributed by atoms with E-state index in [2.05, 4.69) is 41.4 Å². The van der Waals surface area contributed by atoms with Gasteiger partial charge >= 0.3 is 0 Å². The van der Waals surface area contributed by atoms with Crippen LogP contribution in [0.3, 0.4) is 0 Å². The highest BCUT2D eigenvalue weighted by Gasteiger charge is 2.26. The lowest BCUT2D eigenvalue weighted by molar-refractivity contribution is -0.122. The van der Waals surface area contributed by atoms with Gasteiger partial charge in [-0.25, -0.2) is 0 Å². The Morgan fingerprint density at radius 3 is 2.85 bits per heavy atom. The number of hydrogen-bond donors (Lipinski definition) is 1. The van der Waals surface area contributed by atoms with Gasteiger partial charge in [0.05, 0.1) is 6.54 Å². The van der Waals surface area contributed by atoms with Gasteiger partial charge in [-0.15, -0.1) is 0 Å². The molecule has 1 heterocycles. The number of piperidine rings is 1. The van der Waals surface area contributed by atoms with Crippen LogP contribution in [0.25, 0.3) is 0 Å². The smallest absolute Gasteiger partial charge is 0.234 e. The van der Waals surface area contributed by atoms with Gasteiger partial charge in [-0.2, -0.15) is 0 Å². The number of nitrogens with zero attached hydrogens (tertiary/aromatic N) is 1. The van der Waals surface area contributed by atoms with Gasteiger partial charge in [0.15, 0.2) is 0 Å². The molecule has 1 saturated carbocycles. The number of likely N-dealkylation sites (tertiary alicyclic amines) is 1. The Labute approximate surface area is 121 Å². The molecule has 0 bridgehead atoms. The number of benzene rings is 1. The van der Waals surface area contributed by atoms with Crippen molar-refractivity contribution in [3.05, 3.63) is 35.4 Å². The highest BCUT2D eigenvalue weighted by Crippen LogP contribution is 2.28. The van der Waals surface area contributed by atoms with E-state index >= 15 is 0 Å². The molecule has 3 rings (SSSR count). The molecule has 1 aromatic carbocycles. The average Bonchev–Trinajstić information content (AvgIpc) is 3.23. The summed E-state index contributed by atoms with van der Waals surface area (Å²) in [6.07, 6.45) is 4.76. The molecule has 0 aromatic heterocycles. The Kier molecular flexibility index (Phi) is 4.06. The first kappa shape index (κ1) is 13.6. The van der Waals surface area contributed by atoms with Crippen molar-refractivity contribution in [2.24, 2.45) is 0 Å². The number of carbonyl (C=O) groups excluding carboxylic acids is 1. The number of nitrogens with one attached hydrogen (secondary N) is 1. The Morgan fingerprint density at radius 2 is 2.10 bits per heavy atom. The maximum atomic E-state index is 11.9. The normalized spacial score (nSPS) is 23.6. The highest BCUT2D eigenvalue weighted by molar-refractivity contribution is 5.78. The zero-order valence-electron chi connectivity index (χ0n) is 12.3. The van der Waals surface area contributed by atoms with Crippen molar-refractivity contribution in [1.82, 2.24) is 10.2 Å². The van der Waals surface area contributed by atoms with Crippen molar-refractivity contribution in [2.45, 2.75) is 44.6 Å². The third kappa shape index (κ3) is 3.40. The van der Waals surface area contributed by atoms with E-state index in [1.165, 1.54) is 24.0 Å². The SMILES string of the molecule is Cc1ccccc1[C@@H]1CCCN(CC(=O)NC2CC2)C1. The second kappa shape index (κ2) is 5.96. The van der Waals surface area contributed by atoms with Gasteiger partial charge < -0.3 is 5.32 Å². The molecule has 0 unspecified atom stereocenters. The molecule has 3 heteroatoms. The summed E-state index contributed by atoms with van der Waals surface area (Å²) in [5.74, 6) is 0.789. The van der Waals surface area contributed by atoms with Gasteiger partial charge in [-0.05, 0) is 56.2 Å². The van der Waals surface area contributed by atoms with Gasteiger partial charge in [-0.3, -0.25) is 9.69 Å². The highest BCUT2D eigenvalue weighted by atomic mass is 16.2. The van der Waals surface area contributed by atoms with Crippen LogP contribution in [-0.2, 0) is 4.79 Å². The predicted molar refractivity (Wildman–Crippen MR) is 80.8 cm³/mol. The predicted octanol–water partition coefficient (Wildman–Crippen LogP) is 2.45. The van der Waals surface area contributed by atoms with Crippen LogP contribution in [0.1, 0.15) is 42.7 Å². The van der Waals surface area contributed by atoms with Crippen LogP contribution < -0.4 is 5.32 Å². The largest absolute Gasteiger partial charge is 0.352 e. The van der Waals surface area contributed by atoms with E-state index < -0.39 is 0 Å². The summed E-state index contributed by atoms with van der Waals surface area (Å²) in [5.41, 5.74) is 2.83. The average molecular weight is 272 g/mol. The summed E-state index contributed by atoms with van der Waals surface area (Å²) < 4.78 is 0. The van der Waals surface area contributed by atoms with Crippen molar-refractivity contribution in [2.75, 3.05) is 19.6 Å². The van der Waals surface area contributed by atoms with Crippen LogP contribution in [0.2, 0.25) is 0 Å². The minimum Gasteiger partial charge on any atom is -0.352 e. The second-order valence-corrected chi connectivity index (χ2v) is 6.27. The van der Waals surface area contributed by atoms with Crippen molar-refractivity contribution in [3.8, 4) is 0 Å². The summed E-state index contributed by atoms with van der Waals surface area (Å²) in [7, 11) is 0. The summed E-state index contributed by atoms with van der Waals surface area (Å²) in [4.78, 5) is 14.2. The molecule has 108 valence electrons.